The maximum Gasteiger partial charge on any atom is 0.161 e. The third kappa shape index (κ3) is 6.33. The Morgan fingerprint density at radius 3 is 2.30 bits per heavy atom. The maximum absolute atomic E-state index is 10.6. The fourth-order valence-corrected chi connectivity index (χ4v) is 3.22. The number of hydrogen-bond donors (Lipinski definition) is 0. The van der Waals surface area contributed by atoms with Crippen LogP contribution in [0.3, 0.4) is 0 Å². The molecule has 2 aromatic carbocycles. The highest BCUT2D eigenvalue weighted by molar-refractivity contribution is 5.47. The number of hydrogen-bond acceptors (Lipinski definition) is 6. The lowest BCUT2D eigenvalue weighted by Gasteiger charge is -2.32. The minimum absolute atomic E-state index is 0.147. The van der Waals surface area contributed by atoms with Crippen molar-refractivity contribution in [2.75, 3.05) is 48.3 Å². The van der Waals surface area contributed by atoms with Crippen LogP contribution in [-0.2, 0) is 11.8 Å². The summed E-state index contributed by atoms with van der Waals surface area (Å²) in [5, 5.41) is 10.6. The zero-order chi connectivity index (χ0) is 37.3. The van der Waals surface area contributed by atoms with Crippen molar-refractivity contribution in [2.45, 2.75) is 38.4 Å². The highest BCUT2D eigenvalue weighted by atomic mass is 16.5. The number of nitriles is 1. The standard InChI is InChI=1S/C27H38N2O4/c1-20(2)27(19-28,22-10-12-24(31-5)26(18-22)33-7)14-8-15-29(3)16-13-21-9-11-23(30-4)25(17-21)32-6/h9-12,17-18,20H,8,13-16H2,1-7H3/i3D3,5D3,7D3,8D2,14D2,15D2. The predicted molar refractivity (Wildman–Crippen MR) is 132 cm³/mol. The second-order valence-corrected chi connectivity index (χ2v) is 7.39. The van der Waals surface area contributed by atoms with E-state index in [-0.39, 0.29) is 11.3 Å². The third-order valence-electron chi connectivity index (χ3n) is 5.18. The Morgan fingerprint density at radius 2 is 1.67 bits per heavy atom. The van der Waals surface area contributed by atoms with Gasteiger partial charge in [-0.15, -0.1) is 0 Å². The molecule has 0 fully saturated rings. The van der Waals surface area contributed by atoms with Gasteiger partial charge < -0.3 is 23.8 Å². The number of rotatable bonds is 13. The van der Waals surface area contributed by atoms with Gasteiger partial charge in [-0.1, -0.05) is 26.0 Å². The van der Waals surface area contributed by atoms with Crippen LogP contribution in [0.5, 0.6) is 23.0 Å². The second-order valence-electron chi connectivity index (χ2n) is 7.39. The molecule has 0 aliphatic heterocycles. The van der Waals surface area contributed by atoms with Crippen LogP contribution in [-0.4, -0.2) is 53.2 Å². The highest BCUT2D eigenvalue weighted by Gasteiger charge is 2.36. The van der Waals surface area contributed by atoms with Gasteiger partial charge in [0.2, 0.25) is 0 Å². The normalized spacial score (nSPS) is 22.0. The first-order valence-electron chi connectivity index (χ1n) is 17.6. The van der Waals surface area contributed by atoms with Crippen LogP contribution >= 0.6 is 0 Å². The fraction of sp³-hybridized carbons (Fsp3) is 0.519. The molecule has 1 atom stereocenters. The number of benzene rings is 2. The van der Waals surface area contributed by atoms with E-state index in [2.05, 4.69) is 0 Å². The van der Waals surface area contributed by atoms with Gasteiger partial charge in [-0.2, -0.15) is 5.26 Å². The first-order valence-corrected chi connectivity index (χ1v) is 10.1. The summed E-state index contributed by atoms with van der Waals surface area (Å²) >= 11 is 0. The summed E-state index contributed by atoms with van der Waals surface area (Å²) in [5.74, 6) is -1.83. The quantitative estimate of drug-likeness (QED) is 0.407. The zero-order valence-electron chi connectivity index (χ0n) is 34.0. The van der Waals surface area contributed by atoms with Gasteiger partial charge >= 0.3 is 0 Å². The molecule has 0 N–H and O–H groups in total. The number of nitrogens with zero attached hydrogens (tertiary/aromatic N) is 2. The lowest BCUT2D eigenvalue weighted by Crippen LogP contribution is -2.32. The van der Waals surface area contributed by atoms with E-state index in [4.69, 9.17) is 39.5 Å². The van der Waals surface area contributed by atoms with Crippen LogP contribution in [0.15, 0.2) is 36.4 Å². The molecule has 0 saturated carbocycles. The molecule has 0 aliphatic carbocycles. The van der Waals surface area contributed by atoms with Crippen molar-refractivity contribution < 1.29 is 39.5 Å². The highest BCUT2D eigenvalue weighted by Crippen LogP contribution is 2.40. The fourth-order valence-electron chi connectivity index (χ4n) is 3.22. The topological polar surface area (TPSA) is 64.0 Å². The summed E-state index contributed by atoms with van der Waals surface area (Å²) in [6, 6.07) is 9.14. The van der Waals surface area contributed by atoms with Crippen molar-refractivity contribution in [3.63, 3.8) is 0 Å². The van der Waals surface area contributed by atoms with E-state index in [0.717, 1.165) is 18.2 Å². The molecule has 0 saturated heterocycles. The molecule has 1 unspecified atom stereocenters. The molecule has 0 amide bonds. The Morgan fingerprint density at radius 1 is 1.00 bits per heavy atom. The lowest BCUT2D eigenvalue weighted by atomic mass is 9.69. The largest absolute Gasteiger partial charge is 0.493 e. The Hall–Kier alpha value is -2.91. The zero-order valence-corrected chi connectivity index (χ0v) is 19.0. The molecule has 0 heterocycles. The second kappa shape index (κ2) is 12.4. The molecule has 2 rings (SSSR count). The van der Waals surface area contributed by atoms with Crippen molar-refractivity contribution in [1.29, 1.82) is 5.26 Å². The average Bonchev–Trinajstić information content (AvgIpc) is 2.92. The van der Waals surface area contributed by atoms with Crippen molar-refractivity contribution >= 4 is 0 Å². The van der Waals surface area contributed by atoms with Crippen molar-refractivity contribution in [3.8, 4) is 29.1 Å². The monoisotopic (exact) mass is 469 g/mol. The van der Waals surface area contributed by atoms with Crippen LogP contribution in [0.1, 0.15) is 58.3 Å². The molecular weight excluding hydrogens is 416 g/mol. The van der Waals surface area contributed by atoms with Crippen molar-refractivity contribution in [2.24, 2.45) is 5.92 Å². The summed E-state index contributed by atoms with van der Waals surface area (Å²) in [4.78, 5) is 0.202. The van der Waals surface area contributed by atoms with Gasteiger partial charge in [0.05, 0.1) is 48.0 Å². The summed E-state index contributed by atoms with van der Waals surface area (Å²) < 4.78 is 143. The maximum atomic E-state index is 10.6. The summed E-state index contributed by atoms with van der Waals surface area (Å²) in [6.07, 6.45) is -7.49. The molecule has 2 aromatic rings. The number of ether oxygens (including phenoxy) is 4. The van der Waals surface area contributed by atoms with Gasteiger partial charge in [-0.25, -0.2) is 0 Å². The summed E-state index contributed by atoms with van der Waals surface area (Å²) in [6.45, 7) is -4.87. The first kappa shape index (κ1) is 12.0. The van der Waals surface area contributed by atoms with Crippen molar-refractivity contribution in [1.82, 2.24) is 4.90 Å². The van der Waals surface area contributed by atoms with E-state index < -0.39 is 75.2 Å². The lowest BCUT2D eigenvalue weighted by molar-refractivity contribution is 0.292. The SMILES string of the molecule is [2H]C([2H])([2H])Oc1ccc(C(C#N)(C(C)C)C([2H])([2H])C([2H])([2H])C([2H])([2H])N(CCc2ccc(OC)c(OC)c2)C([2H])([2H])[2H])cc1OC([2H])([2H])[2H]. The predicted octanol–water partition coefficient (Wildman–Crippen LogP) is 5.09. The average molecular weight is 470 g/mol. The van der Waals surface area contributed by atoms with Crippen LogP contribution in [0, 0.1) is 17.2 Å². The van der Waals surface area contributed by atoms with E-state index in [1.165, 1.54) is 34.1 Å². The third-order valence-corrected chi connectivity index (χ3v) is 5.18. The molecule has 33 heavy (non-hydrogen) atoms. The molecule has 6 nitrogen and oxygen atoms in total. The molecular formula is C27H38N2O4. The van der Waals surface area contributed by atoms with Gasteiger partial charge in [-0.3, -0.25) is 0 Å². The first-order chi connectivity index (χ1) is 21.6. The van der Waals surface area contributed by atoms with Crippen LogP contribution in [0.25, 0.3) is 0 Å². The minimum atomic E-state index is -3.77. The van der Waals surface area contributed by atoms with Crippen molar-refractivity contribution in [3.05, 3.63) is 47.5 Å². The number of methoxy groups -OCH3 is 4. The molecule has 0 spiro atoms. The Labute approximate surface area is 220 Å². The van der Waals surface area contributed by atoms with Gasteiger partial charge in [0, 0.05) is 18.9 Å². The molecule has 0 aliphatic rings. The van der Waals surface area contributed by atoms with Gasteiger partial charge in [0.25, 0.3) is 0 Å². The van der Waals surface area contributed by atoms with Crippen LogP contribution < -0.4 is 18.9 Å². The molecule has 0 bridgehead atoms. The van der Waals surface area contributed by atoms with Crippen LogP contribution in [0.2, 0.25) is 0 Å². The van der Waals surface area contributed by atoms with E-state index >= 15 is 0 Å². The smallest absolute Gasteiger partial charge is 0.161 e. The van der Waals surface area contributed by atoms with E-state index in [1.54, 1.807) is 18.2 Å². The number of likely N-dealkylation sites (N-methyl/N-ethyl adjacent to an activating group) is 1. The molecule has 0 aromatic heterocycles. The Balaban J connectivity index is 2.76. The van der Waals surface area contributed by atoms with Gasteiger partial charge in [0.15, 0.2) is 23.0 Å². The molecule has 0 radical (unpaired) electrons. The van der Waals surface area contributed by atoms with Gasteiger partial charge in [-0.05, 0) is 73.9 Å². The molecule has 180 valence electrons. The Bertz CT molecular complexity index is 1470. The summed E-state index contributed by atoms with van der Waals surface area (Å²) in [7, 11) is -3.44. The minimum Gasteiger partial charge on any atom is -0.493 e. The molecule has 6 heteroatoms. The van der Waals surface area contributed by atoms with Crippen LogP contribution in [0.4, 0.5) is 0 Å². The summed E-state index contributed by atoms with van der Waals surface area (Å²) in [5.41, 5.74) is -2.59. The van der Waals surface area contributed by atoms with Gasteiger partial charge in [0.1, 0.15) is 0 Å². The van der Waals surface area contributed by atoms with E-state index in [0.29, 0.717) is 17.1 Å². The van der Waals surface area contributed by atoms with E-state index in [1.807, 2.05) is 0 Å². The Kier molecular flexibility index (Phi) is 4.49. The van der Waals surface area contributed by atoms with E-state index in [9.17, 15) is 5.26 Å².